The van der Waals surface area contributed by atoms with Gasteiger partial charge in [-0.3, -0.25) is 0 Å². The zero-order valence-corrected chi connectivity index (χ0v) is 28.8. The Morgan fingerprint density at radius 2 is 0.536 bits per heavy atom. The summed E-state index contributed by atoms with van der Waals surface area (Å²) in [4.78, 5) is 85.0. The molecule has 0 saturated carbocycles. The zero-order valence-electron chi connectivity index (χ0n) is 14.5. The SMILES string of the molecule is O.O.O.O[Si](O)(O)O[Si](O)(O[Si](O)(O)O)O[Si](O)(O)O.[K+].[Na+].[Na+].[OH-].[OH-].[OH-].[Ti].[Ti]. The summed E-state index contributed by atoms with van der Waals surface area (Å²) < 4.78 is 10.6. The summed E-state index contributed by atoms with van der Waals surface area (Å²) in [5.74, 6) is 0. The Morgan fingerprint density at radius 3 is 0.607 bits per heavy atom. The number of rotatable bonds is 6. The molecule has 0 aromatic rings. The van der Waals surface area contributed by atoms with Crippen molar-refractivity contribution in [2.45, 2.75) is 0 Å². The Bertz CT molecular complexity index is 227. The largest absolute Gasteiger partial charge is 1.00 e. The van der Waals surface area contributed by atoms with Crippen LogP contribution in [0.2, 0.25) is 0 Å². The average Bonchev–Trinajstić information content (AvgIpc) is 1.65. The summed E-state index contributed by atoms with van der Waals surface area (Å²) in [6.45, 7) is 0. The van der Waals surface area contributed by atoms with Gasteiger partial charge in [-0.2, -0.15) is 0 Å². The number of hydrogen-bond acceptors (Lipinski definition) is 16. The molecule has 160 valence electrons. The van der Waals surface area contributed by atoms with Gasteiger partial charge in [0.05, 0.1) is 0 Å². The summed E-state index contributed by atoms with van der Waals surface area (Å²) in [7, 11) is -22.4. The normalized spacial score (nSPS) is 9.21. The standard InChI is InChI=1S/K.2Na.H10O13Si4.6H2O.2Ti/c;;;1-14(2,3)11-17(10,12-15(4,5)6)13-16(7,8)9;;;;;;;;/h;;;1-10H;6*1H2;;/q3*+1;;;;;;;;;/p-3. The van der Waals surface area contributed by atoms with E-state index in [1.807, 2.05) is 0 Å². The van der Waals surface area contributed by atoms with Gasteiger partial charge in [0.15, 0.2) is 0 Å². The summed E-state index contributed by atoms with van der Waals surface area (Å²) in [5, 5.41) is 0. The molecule has 0 bridgehead atoms. The number of hydrogen-bond donors (Lipinski definition) is 10. The molecule has 0 atom stereocenters. The Hall–Kier alpha value is 5.17. The zero-order chi connectivity index (χ0) is 14.1. The molecule has 19 nitrogen and oxygen atoms in total. The van der Waals surface area contributed by atoms with Crippen LogP contribution in [0.3, 0.4) is 0 Å². The summed E-state index contributed by atoms with van der Waals surface area (Å²) in [6, 6.07) is 0. The summed E-state index contributed by atoms with van der Waals surface area (Å²) in [5.41, 5.74) is 0. The van der Waals surface area contributed by atoms with Gasteiger partial charge in [-0.15, -0.1) is 0 Å². The van der Waals surface area contributed by atoms with Crippen molar-refractivity contribution >= 4 is 36.2 Å². The molecule has 0 amide bonds. The van der Waals surface area contributed by atoms with Gasteiger partial charge in [0.25, 0.3) is 0 Å². The van der Waals surface area contributed by atoms with Crippen molar-refractivity contribution in [3.05, 3.63) is 0 Å². The van der Waals surface area contributed by atoms with Crippen LogP contribution >= 0.6 is 0 Å². The maximum atomic E-state index is 9.15. The van der Waals surface area contributed by atoms with Crippen molar-refractivity contribution in [3.63, 3.8) is 0 Å². The second-order valence-corrected chi connectivity index (χ2v) is 9.49. The summed E-state index contributed by atoms with van der Waals surface area (Å²) >= 11 is 0. The van der Waals surface area contributed by atoms with Crippen LogP contribution in [0.5, 0.6) is 0 Å². The molecule has 0 aliphatic rings. The maximum absolute atomic E-state index is 9.15. The molecule has 0 aliphatic heterocycles. The fourth-order valence-corrected chi connectivity index (χ4v) is 6.36. The van der Waals surface area contributed by atoms with E-state index >= 15 is 0 Å². The molecule has 19 N–H and O–H groups in total. The second-order valence-electron chi connectivity index (χ2n) is 2.55. The Balaban J connectivity index is -0.0000000233. The first kappa shape index (κ1) is 76.6. The van der Waals surface area contributed by atoms with E-state index in [9.17, 15) is 0 Å². The van der Waals surface area contributed by atoms with E-state index < -0.39 is 36.2 Å². The third-order valence-corrected chi connectivity index (χ3v) is 7.18. The summed E-state index contributed by atoms with van der Waals surface area (Å²) in [6.07, 6.45) is 0. The topological polar surface area (TPSA) is 414 Å². The minimum absolute atomic E-state index is 0. The quantitative estimate of drug-likeness (QED) is 0.124. The molecule has 0 aliphatic carbocycles. The smallest absolute Gasteiger partial charge is 0.870 e. The molecule has 0 heterocycles. The predicted octanol–water partition coefficient (Wildman–Crippen LogP) is -19.3. The minimum Gasteiger partial charge on any atom is -0.870 e. The molecule has 0 aromatic heterocycles. The van der Waals surface area contributed by atoms with E-state index in [4.69, 9.17) is 48.0 Å². The fourth-order valence-electron chi connectivity index (χ4n) is 0.582. The Morgan fingerprint density at radius 1 is 0.429 bits per heavy atom. The van der Waals surface area contributed by atoms with Crippen LogP contribution in [0.1, 0.15) is 0 Å². The van der Waals surface area contributed by atoms with E-state index in [1.165, 1.54) is 0 Å². The van der Waals surface area contributed by atoms with Crippen molar-refractivity contribution in [2.75, 3.05) is 0 Å². The molecule has 0 radical (unpaired) electrons. The van der Waals surface area contributed by atoms with Gasteiger partial charge in [0.2, 0.25) is 0 Å². The molecular weight excluding hydrogens is 597 g/mol. The second kappa shape index (κ2) is 30.2. The first-order chi connectivity index (χ1) is 7.12. The molecule has 0 spiro atoms. The van der Waals surface area contributed by atoms with E-state index in [0.29, 0.717) is 0 Å². The van der Waals surface area contributed by atoms with Crippen LogP contribution in [-0.4, -0.2) is 117 Å². The van der Waals surface area contributed by atoms with Gasteiger partial charge in [-0.05, 0) is 0 Å². The third-order valence-electron chi connectivity index (χ3n) is 0.798. The van der Waals surface area contributed by atoms with E-state index in [2.05, 4.69) is 12.3 Å². The van der Waals surface area contributed by atoms with Crippen LogP contribution in [0.4, 0.5) is 0 Å². The van der Waals surface area contributed by atoms with Crippen LogP contribution < -0.4 is 110 Å². The van der Waals surface area contributed by atoms with Gasteiger partial charge >= 0.3 is 147 Å². The van der Waals surface area contributed by atoms with Gasteiger partial charge in [0, 0.05) is 43.4 Å². The third kappa shape index (κ3) is 52.9. The van der Waals surface area contributed by atoms with E-state index in [0.717, 1.165) is 0 Å². The molecule has 0 fully saturated rings. The Labute approximate surface area is 278 Å². The molecule has 0 saturated heterocycles. The van der Waals surface area contributed by atoms with Crippen molar-refractivity contribution < 1.29 is 247 Å². The average molecular weight is 616 g/mol. The van der Waals surface area contributed by atoms with Gasteiger partial charge in [-0.1, -0.05) is 0 Å². The predicted molar refractivity (Wildman–Crippen MR) is 65.1 cm³/mol. The van der Waals surface area contributed by atoms with Crippen LogP contribution in [-0.2, 0) is 55.8 Å². The minimum atomic E-state index is -5.72. The van der Waals surface area contributed by atoms with Gasteiger partial charge in [-0.25, -0.2) is 0 Å². The Kier molecular flexibility index (Phi) is 82.6. The monoisotopic (exact) mass is 616 g/mol. The van der Waals surface area contributed by atoms with Crippen molar-refractivity contribution in [1.29, 1.82) is 0 Å². The van der Waals surface area contributed by atoms with Gasteiger partial charge < -0.3 is 93.2 Å². The van der Waals surface area contributed by atoms with Crippen molar-refractivity contribution in [2.24, 2.45) is 0 Å². The van der Waals surface area contributed by atoms with Crippen molar-refractivity contribution in [1.82, 2.24) is 0 Å². The molecular formula is H19KNa2O19Si4Ti2. The first-order valence-electron chi connectivity index (χ1n) is 3.46. The van der Waals surface area contributed by atoms with Crippen LogP contribution in [0, 0.1) is 0 Å². The fraction of sp³-hybridized carbons (Fsp3) is 0. The van der Waals surface area contributed by atoms with Crippen LogP contribution in [0.15, 0.2) is 0 Å². The molecule has 28 heavy (non-hydrogen) atoms. The van der Waals surface area contributed by atoms with Crippen LogP contribution in [0.25, 0.3) is 0 Å². The maximum Gasteiger partial charge on any atom is 1.00 e. The molecule has 0 aromatic carbocycles. The van der Waals surface area contributed by atoms with Gasteiger partial charge in [0.1, 0.15) is 0 Å². The molecule has 0 rings (SSSR count). The van der Waals surface area contributed by atoms with E-state index in [1.54, 1.807) is 0 Å². The van der Waals surface area contributed by atoms with E-state index in [-0.39, 0.29) is 187 Å². The molecule has 28 heteroatoms. The molecule has 0 unspecified atom stereocenters. The van der Waals surface area contributed by atoms with Crippen molar-refractivity contribution in [3.8, 4) is 0 Å². The first-order valence-corrected chi connectivity index (χ1v) is 10.4.